The number of nitrogens with one attached hydrogen (secondary N) is 1. The van der Waals surface area contributed by atoms with E-state index in [1.54, 1.807) is 13.1 Å². The number of aryl methyl sites for hydroxylation is 1. The molecule has 0 atom stereocenters. The molecule has 6 nitrogen and oxygen atoms in total. The van der Waals surface area contributed by atoms with Gasteiger partial charge in [-0.3, -0.25) is 9.59 Å². The number of hydrogen-bond donors (Lipinski definition) is 1. The fourth-order valence-corrected chi connectivity index (χ4v) is 2.57. The standard InChI is InChI=1S/C18H21N3O3/c1-3-12-6-4-5-7-14(12)19-17(22)11-21(2)18(23)15-10-16(24-20-15)13-8-9-13/h4-7,10,13H,3,8-9,11H2,1-2H3,(H,19,22). The Morgan fingerprint density at radius 2 is 2.08 bits per heavy atom. The summed E-state index contributed by atoms with van der Waals surface area (Å²) < 4.78 is 5.19. The molecule has 2 amide bonds. The van der Waals surface area contributed by atoms with E-state index in [1.165, 1.54) is 4.90 Å². The summed E-state index contributed by atoms with van der Waals surface area (Å²) in [6.07, 6.45) is 2.99. The minimum atomic E-state index is -0.315. The van der Waals surface area contributed by atoms with E-state index in [9.17, 15) is 9.59 Å². The van der Waals surface area contributed by atoms with Gasteiger partial charge in [0.2, 0.25) is 5.91 Å². The average molecular weight is 327 g/mol. The van der Waals surface area contributed by atoms with Gasteiger partial charge in [-0.2, -0.15) is 0 Å². The third-order valence-corrected chi connectivity index (χ3v) is 4.13. The SMILES string of the molecule is CCc1ccccc1NC(=O)CN(C)C(=O)c1cc(C2CC2)on1. The minimum Gasteiger partial charge on any atom is -0.360 e. The Kier molecular flexibility index (Phi) is 4.64. The van der Waals surface area contributed by atoms with E-state index in [1.807, 2.05) is 31.2 Å². The molecule has 126 valence electrons. The molecule has 1 aliphatic carbocycles. The smallest absolute Gasteiger partial charge is 0.276 e. The molecule has 1 aromatic heterocycles. The normalized spacial score (nSPS) is 13.6. The van der Waals surface area contributed by atoms with Gasteiger partial charge in [-0.1, -0.05) is 30.3 Å². The number of carbonyl (C=O) groups is 2. The Morgan fingerprint density at radius 1 is 1.33 bits per heavy atom. The molecule has 1 aromatic carbocycles. The van der Waals surface area contributed by atoms with E-state index in [-0.39, 0.29) is 24.1 Å². The van der Waals surface area contributed by atoms with Crippen molar-refractivity contribution in [3.05, 3.63) is 47.3 Å². The van der Waals surface area contributed by atoms with Crippen LogP contribution in [-0.2, 0) is 11.2 Å². The average Bonchev–Trinajstić information content (AvgIpc) is 3.31. The molecule has 0 bridgehead atoms. The topological polar surface area (TPSA) is 75.4 Å². The lowest BCUT2D eigenvalue weighted by atomic mass is 10.1. The summed E-state index contributed by atoms with van der Waals surface area (Å²) >= 11 is 0. The number of rotatable bonds is 6. The van der Waals surface area contributed by atoms with E-state index in [2.05, 4.69) is 10.5 Å². The molecule has 0 aliphatic heterocycles. The monoisotopic (exact) mass is 327 g/mol. The molecule has 0 unspecified atom stereocenters. The summed E-state index contributed by atoms with van der Waals surface area (Å²) in [6.45, 7) is 1.99. The Hall–Kier alpha value is -2.63. The molecule has 3 rings (SSSR count). The third-order valence-electron chi connectivity index (χ3n) is 4.13. The van der Waals surface area contributed by atoms with Crippen molar-refractivity contribution in [1.82, 2.24) is 10.1 Å². The van der Waals surface area contributed by atoms with Crippen LogP contribution >= 0.6 is 0 Å². The van der Waals surface area contributed by atoms with Gasteiger partial charge in [0.15, 0.2) is 5.69 Å². The van der Waals surface area contributed by atoms with Gasteiger partial charge < -0.3 is 14.7 Å². The first kappa shape index (κ1) is 16.2. The Morgan fingerprint density at radius 3 is 2.79 bits per heavy atom. The van der Waals surface area contributed by atoms with Crippen LogP contribution in [0.15, 0.2) is 34.9 Å². The molecule has 1 saturated carbocycles. The van der Waals surface area contributed by atoms with Gasteiger partial charge >= 0.3 is 0 Å². The highest BCUT2D eigenvalue weighted by molar-refractivity contribution is 5.98. The van der Waals surface area contributed by atoms with Gasteiger partial charge in [-0.25, -0.2) is 0 Å². The van der Waals surface area contributed by atoms with Gasteiger partial charge in [0.25, 0.3) is 5.91 Å². The number of hydrogen-bond acceptors (Lipinski definition) is 4. The molecule has 2 aromatic rings. The Bertz CT molecular complexity index is 749. The first-order valence-electron chi connectivity index (χ1n) is 8.18. The van der Waals surface area contributed by atoms with Crippen LogP contribution in [0.3, 0.4) is 0 Å². The van der Waals surface area contributed by atoms with Crippen molar-refractivity contribution in [3.63, 3.8) is 0 Å². The zero-order chi connectivity index (χ0) is 17.1. The fraction of sp³-hybridized carbons (Fsp3) is 0.389. The van der Waals surface area contributed by atoms with E-state index in [0.29, 0.717) is 5.92 Å². The van der Waals surface area contributed by atoms with Crippen molar-refractivity contribution in [2.45, 2.75) is 32.1 Å². The zero-order valence-corrected chi connectivity index (χ0v) is 13.9. The number of aromatic nitrogens is 1. The van der Waals surface area contributed by atoms with E-state index in [0.717, 1.165) is 36.3 Å². The van der Waals surface area contributed by atoms with Crippen molar-refractivity contribution in [2.75, 3.05) is 18.9 Å². The number of para-hydroxylation sites is 1. The van der Waals surface area contributed by atoms with Crippen molar-refractivity contribution < 1.29 is 14.1 Å². The maximum atomic E-state index is 12.3. The summed E-state index contributed by atoms with van der Waals surface area (Å²) in [4.78, 5) is 25.9. The van der Waals surface area contributed by atoms with Crippen molar-refractivity contribution >= 4 is 17.5 Å². The van der Waals surface area contributed by atoms with E-state index < -0.39 is 0 Å². The maximum absolute atomic E-state index is 12.3. The van der Waals surface area contributed by atoms with Crippen LogP contribution in [0.2, 0.25) is 0 Å². The lowest BCUT2D eigenvalue weighted by molar-refractivity contribution is -0.116. The van der Waals surface area contributed by atoms with Crippen LogP contribution in [0.1, 0.15) is 47.5 Å². The highest BCUT2D eigenvalue weighted by atomic mass is 16.5. The highest BCUT2D eigenvalue weighted by Gasteiger charge is 2.29. The minimum absolute atomic E-state index is 0.0392. The summed E-state index contributed by atoms with van der Waals surface area (Å²) in [5.41, 5.74) is 2.09. The molecular formula is C18H21N3O3. The number of amides is 2. The number of benzene rings is 1. The van der Waals surface area contributed by atoms with Gasteiger partial charge in [0, 0.05) is 24.7 Å². The zero-order valence-electron chi connectivity index (χ0n) is 13.9. The van der Waals surface area contributed by atoms with Crippen LogP contribution in [0.25, 0.3) is 0 Å². The van der Waals surface area contributed by atoms with E-state index >= 15 is 0 Å². The second-order valence-corrected chi connectivity index (χ2v) is 6.11. The van der Waals surface area contributed by atoms with Crippen LogP contribution in [0, 0.1) is 0 Å². The summed E-state index contributed by atoms with van der Waals surface area (Å²) in [5.74, 6) is 0.605. The fourth-order valence-electron chi connectivity index (χ4n) is 2.57. The number of nitrogens with zero attached hydrogens (tertiary/aromatic N) is 2. The van der Waals surface area contributed by atoms with Gasteiger partial charge in [-0.15, -0.1) is 0 Å². The van der Waals surface area contributed by atoms with E-state index in [4.69, 9.17) is 4.52 Å². The molecular weight excluding hydrogens is 306 g/mol. The largest absolute Gasteiger partial charge is 0.360 e. The van der Waals surface area contributed by atoms with Crippen LogP contribution < -0.4 is 5.32 Å². The molecule has 0 radical (unpaired) electrons. The van der Waals surface area contributed by atoms with Crippen LogP contribution in [-0.4, -0.2) is 35.5 Å². The highest BCUT2D eigenvalue weighted by Crippen LogP contribution is 2.40. The second kappa shape index (κ2) is 6.86. The van der Waals surface area contributed by atoms with Crippen molar-refractivity contribution in [3.8, 4) is 0 Å². The molecule has 1 aliphatic rings. The van der Waals surface area contributed by atoms with Gasteiger partial charge in [0.1, 0.15) is 5.76 Å². The predicted octanol–water partition coefficient (Wildman–Crippen LogP) is 2.83. The Balaban J connectivity index is 1.59. The van der Waals surface area contributed by atoms with Crippen molar-refractivity contribution in [2.24, 2.45) is 0 Å². The predicted molar refractivity (Wildman–Crippen MR) is 89.9 cm³/mol. The van der Waals surface area contributed by atoms with Gasteiger partial charge in [0.05, 0.1) is 6.54 Å². The quantitative estimate of drug-likeness (QED) is 0.885. The summed E-state index contributed by atoms with van der Waals surface area (Å²) in [5, 5.41) is 6.67. The van der Waals surface area contributed by atoms with Crippen molar-refractivity contribution in [1.29, 1.82) is 0 Å². The molecule has 1 N–H and O–H groups in total. The van der Waals surface area contributed by atoms with Gasteiger partial charge in [-0.05, 0) is 30.9 Å². The van der Waals surface area contributed by atoms with Crippen LogP contribution in [0.5, 0.6) is 0 Å². The number of anilines is 1. The number of likely N-dealkylation sites (N-methyl/N-ethyl adjacent to an activating group) is 1. The maximum Gasteiger partial charge on any atom is 0.276 e. The summed E-state index contributed by atoms with van der Waals surface area (Å²) in [7, 11) is 1.58. The second-order valence-electron chi connectivity index (χ2n) is 6.11. The van der Waals surface area contributed by atoms with Crippen LogP contribution in [0.4, 0.5) is 5.69 Å². The molecule has 0 saturated heterocycles. The summed E-state index contributed by atoms with van der Waals surface area (Å²) in [6, 6.07) is 9.32. The molecule has 6 heteroatoms. The number of carbonyl (C=O) groups excluding carboxylic acids is 2. The molecule has 24 heavy (non-hydrogen) atoms. The third kappa shape index (κ3) is 3.64. The lowest BCUT2D eigenvalue weighted by Gasteiger charge is -2.16. The first-order chi connectivity index (χ1) is 11.6. The lowest BCUT2D eigenvalue weighted by Crippen LogP contribution is -2.35. The first-order valence-corrected chi connectivity index (χ1v) is 8.18. The molecule has 0 spiro atoms. The molecule has 1 heterocycles. The Labute approximate surface area is 140 Å². The molecule has 1 fully saturated rings.